The maximum absolute atomic E-state index is 12.7. The lowest BCUT2D eigenvalue weighted by molar-refractivity contribution is 0.0903. The number of furan rings is 1. The first-order valence-corrected chi connectivity index (χ1v) is 8.18. The van der Waals surface area contributed by atoms with Crippen molar-refractivity contribution in [2.45, 2.75) is 19.4 Å². The van der Waals surface area contributed by atoms with E-state index in [2.05, 4.69) is 5.32 Å². The molecule has 0 radical (unpaired) electrons. The fraction of sp³-hybridized carbons (Fsp3) is 0.250. The van der Waals surface area contributed by atoms with Gasteiger partial charge in [0, 0.05) is 17.6 Å². The van der Waals surface area contributed by atoms with E-state index in [-0.39, 0.29) is 24.3 Å². The second-order valence-electron chi connectivity index (χ2n) is 5.87. The Kier molecular flexibility index (Phi) is 5.05. The summed E-state index contributed by atoms with van der Waals surface area (Å²) in [6.45, 7) is 1.83. The molecule has 1 amide bonds. The van der Waals surface area contributed by atoms with Crippen LogP contribution in [0.4, 0.5) is 0 Å². The molecule has 0 spiro atoms. The molecule has 0 aliphatic heterocycles. The Morgan fingerprint density at radius 2 is 2.00 bits per heavy atom. The van der Waals surface area contributed by atoms with E-state index in [1.54, 1.807) is 19.2 Å². The van der Waals surface area contributed by atoms with Crippen molar-refractivity contribution in [3.8, 4) is 5.75 Å². The average Bonchev–Trinajstić information content (AvgIpc) is 2.98. The first-order chi connectivity index (χ1) is 12.1. The number of aliphatic hydroxyl groups excluding tert-OH is 1. The number of amides is 1. The Balaban J connectivity index is 1.89. The molecule has 1 unspecified atom stereocenters. The third kappa shape index (κ3) is 3.51. The molecule has 3 aromatic rings. The van der Waals surface area contributed by atoms with Crippen molar-refractivity contribution in [2.75, 3.05) is 13.7 Å². The summed E-state index contributed by atoms with van der Waals surface area (Å²) in [6.07, 6.45) is 0.433. The van der Waals surface area contributed by atoms with Gasteiger partial charge in [-0.1, -0.05) is 30.3 Å². The third-order valence-electron chi connectivity index (χ3n) is 4.27. The monoisotopic (exact) mass is 339 g/mol. The van der Waals surface area contributed by atoms with E-state index in [1.807, 2.05) is 43.3 Å². The van der Waals surface area contributed by atoms with Crippen LogP contribution >= 0.6 is 0 Å². The normalized spacial score (nSPS) is 12.1. The molecular formula is C20H21NO4. The number of benzene rings is 2. The van der Waals surface area contributed by atoms with Crippen LogP contribution in [0.5, 0.6) is 5.75 Å². The number of aryl methyl sites for hydroxylation is 1. The van der Waals surface area contributed by atoms with Gasteiger partial charge in [-0.2, -0.15) is 0 Å². The maximum Gasteiger partial charge on any atom is 0.287 e. The summed E-state index contributed by atoms with van der Waals surface area (Å²) < 4.78 is 11.0. The predicted octanol–water partition coefficient (Wildman–Crippen LogP) is 3.60. The van der Waals surface area contributed by atoms with Gasteiger partial charge in [0.15, 0.2) is 5.76 Å². The van der Waals surface area contributed by atoms with E-state index >= 15 is 0 Å². The molecular weight excluding hydrogens is 318 g/mol. The van der Waals surface area contributed by atoms with Gasteiger partial charge < -0.3 is 19.6 Å². The van der Waals surface area contributed by atoms with Gasteiger partial charge in [-0.05, 0) is 37.1 Å². The molecule has 2 aromatic carbocycles. The Bertz CT molecular complexity index is 870. The van der Waals surface area contributed by atoms with Crippen LogP contribution in [0.1, 0.15) is 34.1 Å². The lowest BCUT2D eigenvalue weighted by atomic mass is 10.0. The smallest absolute Gasteiger partial charge is 0.287 e. The first kappa shape index (κ1) is 17.0. The zero-order valence-electron chi connectivity index (χ0n) is 14.3. The zero-order valence-corrected chi connectivity index (χ0v) is 14.3. The van der Waals surface area contributed by atoms with Crippen molar-refractivity contribution in [2.24, 2.45) is 0 Å². The summed E-state index contributed by atoms with van der Waals surface area (Å²) in [7, 11) is 1.60. The van der Waals surface area contributed by atoms with E-state index in [9.17, 15) is 9.90 Å². The van der Waals surface area contributed by atoms with Gasteiger partial charge in [0.05, 0.1) is 13.2 Å². The van der Waals surface area contributed by atoms with Gasteiger partial charge in [0.25, 0.3) is 5.91 Å². The summed E-state index contributed by atoms with van der Waals surface area (Å²) >= 11 is 0. The Hall–Kier alpha value is -2.79. The van der Waals surface area contributed by atoms with E-state index in [0.717, 1.165) is 16.5 Å². The molecule has 0 aliphatic rings. The standard InChI is InChI=1S/C20H21NO4/c1-13-16-12-15(24-2)8-9-18(16)25-19(13)20(23)21-17(10-11-22)14-6-4-3-5-7-14/h3-9,12,17,22H,10-11H2,1-2H3,(H,21,23). The number of hydrogen-bond donors (Lipinski definition) is 2. The summed E-state index contributed by atoms with van der Waals surface area (Å²) in [4.78, 5) is 12.7. The van der Waals surface area contributed by atoms with Crippen LogP contribution in [-0.4, -0.2) is 24.7 Å². The number of methoxy groups -OCH3 is 1. The molecule has 5 heteroatoms. The highest BCUT2D eigenvalue weighted by atomic mass is 16.5. The Morgan fingerprint density at radius 1 is 1.24 bits per heavy atom. The van der Waals surface area contributed by atoms with E-state index < -0.39 is 0 Å². The zero-order chi connectivity index (χ0) is 17.8. The van der Waals surface area contributed by atoms with E-state index in [0.29, 0.717) is 17.8 Å². The number of nitrogens with one attached hydrogen (secondary N) is 1. The molecule has 0 saturated heterocycles. The highest BCUT2D eigenvalue weighted by Gasteiger charge is 2.21. The number of ether oxygens (including phenoxy) is 1. The van der Waals surface area contributed by atoms with Crippen LogP contribution < -0.4 is 10.1 Å². The van der Waals surface area contributed by atoms with Crippen LogP contribution in [0.3, 0.4) is 0 Å². The first-order valence-electron chi connectivity index (χ1n) is 8.18. The highest BCUT2D eigenvalue weighted by molar-refractivity contribution is 5.99. The fourth-order valence-electron chi connectivity index (χ4n) is 2.90. The Morgan fingerprint density at radius 3 is 2.68 bits per heavy atom. The van der Waals surface area contributed by atoms with Crippen molar-refractivity contribution in [3.63, 3.8) is 0 Å². The van der Waals surface area contributed by atoms with Gasteiger partial charge in [-0.15, -0.1) is 0 Å². The molecule has 5 nitrogen and oxygen atoms in total. The van der Waals surface area contributed by atoms with Crippen molar-refractivity contribution < 1.29 is 19.1 Å². The summed E-state index contributed by atoms with van der Waals surface area (Å²) in [5.41, 5.74) is 2.35. The van der Waals surface area contributed by atoms with Gasteiger partial charge in [-0.25, -0.2) is 0 Å². The van der Waals surface area contributed by atoms with Crippen molar-refractivity contribution >= 4 is 16.9 Å². The number of fused-ring (bicyclic) bond motifs is 1. The molecule has 0 saturated carbocycles. The number of aliphatic hydroxyl groups is 1. The highest BCUT2D eigenvalue weighted by Crippen LogP contribution is 2.29. The molecule has 0 bridgehead atoms. The third-order valence-corrected chi connectivity index (χ3v) is 4.27. The number of carbonyl (C=O) groups excluding carboxylic acids is 1. The lowest BCUT2D eigenvalue weighted by Crippen LogP contribution is -2.29. The number of carbonyl (C=O) groups is 1. The fourth-order valence-corrected chi connectivity index (χ4v) is 2.90. The van der Waals surface area contributed by atoms with Crippen molar-refractivity contribution in [1.82, 2.24) is 5.32 Å². The quantitative estimate of drug-likeness (QED) is 0.720. The molecule has 0 fully saturated rings. The predicted molar refractivity (Wildman–Crippen MR) is 95.9 cm³/mol. The Labute approximate surface area is 146 Å². The SMILES string of the molecule is COc1ccc2oc(C(=O)NC(CCO)c3ccccc3)c(C)c2c1. The van der Waals surface area contributed by atoms with Crippen LogP contribution in [0.15, 0.2) is 52.9 Å². The van der Waals surface area contributed by atoms with Crippen LogP contribution in [0, 0.1) is 6.92 Å². The second-order valence-corrected chi connectivity index (χ2v) is 5.87. The summed E-state index contributed by atoms with van der Waals surface area (Å²) in [5, 5.41) is 13.1. The average molecular weight is 339 g/mol. The number of rotatable bonds is 6. The van der Waals surface area contributed by atoms with Crippen LogP contribution in [-0.2, 0) is 0 Å². The molecule has 0 aliphatic carbocycles. The van der Waals surface area contributed by atoms with Gasteiger partial charge >= 0.3 is 0 Å². The van der Waals surface area contributed by atoms with Crippen molar-refractivity contribution in [1.29, 1.82) is 0 Å². The van der Waals surface area contributed by atoms with Crippen LogP contribution in [0.2, 0.25) is 0 Å². The molecule has 2 N–H and O–H groups in total. The molecule has 25 heavy (non-hydrogen) atoms. The molecule has 1 heterocycles. The summed E-state index contributed by atoms with van der Waals surface area (Å²) in [6, 6.07) is 14.8. The summed E-state index contributed by atoms with van der Waals surface area (Å²) in [5.74, 6) is 0.697. The molecule has 3 rings (SSSR count). The van der Waals surface area contributed by atoms with Crippen LogP contribution in [0.25, 0.3) is 11.0 Å². The topological polar surface area (TPSA) is 71.7 Å². The largest absolute Gasteiger partial charge is 0.497 e. The number of hydrogen-bond acceptors (Lipinski definition) is 4. The van der Waals surface area contributed by atoms with E-state index in [1.165, 1.54) is 0 Å². The van der Waals surface area contributed by atoms with Crippen molar-refractivity contribution in [3.05, 3.63) is 65.4 Å². The van der Waals surface area contributed by atoms with E-state index in [4.69, 9.17) is 9.15 Å². The molecule has 1 aromatic heterocycles. The minimum absolute atomic E-state index is 0.0177. The maximum atomic E-state index is 12.7. The molecule has 130 valence electrons. The van der Waals surface area contributed by atoms with Gasteiger partial charge in [-0.3, -0.25) is 4.79 Å². The lowest BCUT2D eigenvalue weighted by Gasteiger charge is -2.17. The molecule has 1 atom stereocenters. The second kappa shape index (κ2) is 7.40. The minimum atomic E-state index is -0.296. The minimum Gasteiger partial charge on any atom is -0.497 e. The van der Waals surface area contributed by atoms with Gasteiger partial charge in [0.2, 0.25) is 0 Å². The van der Waals surface area contributed by atoms with Gasteiger partial charge in [0.1, 0.15) is 11.3 Å².